The van der Waals surface area contributed by atoms with Crippen molar-refractivity contribution in [1.29, 1.82) is 0 Å². The molecular weight excluding hydrogens is 468 g/mol. The van der Waals surface area contributed by atoms with Gasteiger partial charge in [0, 0.05) is 10.8 Å². The Hall–Kier alpha value is -4.28. The molecule has 0 saturated carbocycles. The lowest BCUT2D eigenvalue weighted by molar-refractivity contribution is 0.0276. The highest BCUT2D eigenvalue weighted by atomic mass is 16.6. The maximum atomic E-state index is 11.2. The minimum Gasteiger partial charge on any atom is -0.489 e. The van der Waals surface area contributed by atoms with Crippen molar-refractivity contribution >= 4 is 33.7 Å². The first-order valence-corrected chi connectivity index (χ1v) is 11.2. The number of para-hydroxylation sites is 2. The molecule has 0 fully saturated rings. The minimum absolute atomic E-state index is 0.0438. The number of fused-ring (bicyclic) bond motifs is 2. The van der Waals surface area contributed by atoms with Crippen LogP contribution in [0, 0.1) is 0 Å². The highest BCUT2D eigenvalue weighted by molar-refractivity contribution is 5.92. The average Bonchev–Trinajstić information content (AvgIpc) is 2.89. The van der Waals surface area contributed by atoms with Gasteiger partial charge in [-0.1, -0.05) is 36.4 Å². The molecule has 10 nitrogen and oxygen atoms in total. The first kappa shape index (κ1) is 24.8. The molecule has 2 heterocycles. The van der Waals surface area contributed by atoms with E-state index in [1.807, 2.05) is 24.3 Å². The van der Waals surface area contributed by atoms with Crippen molar-refractivity contribution in [2.45, 2.75) is 0 Å². The van der Waals surface area contributed by atoms with Crippen molar-refractivity contribution in [3.05, 3.63) is 72.1 Å². The molecule has 0 bridgehead atoms. The van der Waals surface area contributed by atoms with Gasteiger partial charge in [0.25, 0.3) is 0 Å². The third-order valence-corrected chi connectivity index (χ3v) is 5.15. The summed E-state index contributed by atoms with van der Waals surface area (Å²) in [6, 6.07) is 17.1. The van der Waals surface area contributed by atoms with Gasteiger partial charge >= 0.3 is 11.9 Å². The second-order valence-corrected chi connectivity index (χ2v) is 7.58. The molecule has 186 valence electrons. The van der Waals surface area contributed by atoms with Gasteiger partial charge in [-0.3, -0.25) is 0 Å². The molecule has 36 heavy (non-hydrogen) atoms. The summed E-state index contributed by atoms with van der Waals surface area (Å²) < 4.78 is 22.5. The Labute approximate surface area is 206 Å². The van der Waals surface area contributed by atoms with E-state index in [4.69, 9.17) is 29.2 Å². The number of rotatable bonds is 13. The lowest BCUT2D eigenvalue weighted by Gasteiger charge is -2.11. The molecule has 4 rings (SSSR count). The Kier molecular flexibility index (Phi) is 8.22. The van der Waals surface area contributed by atoms with Gasteiger partial charge in [-0.05, 0) is 24.3 Å². The molecule has 2 N–H and O–H groups in total. The molecule has 0 spiro atoms. The molecule has 4 aromatic rings. The number of hydrogen-bond acceptors (Lipinski definition) is 8. The second-order valence-electron chi connectivity index (χ2n) is 7.58. The molecule has 2 aromatic carbocycles. The molecule has 10 heteroatoms. The summed E-state index contributed by atoms with van der Waals surface area (Å²) in [6.07, 6.45) is 0. The van der Waals surface area contributed by atoms with Crippen molar-refractivity contribution in [2.24, 2.45) is 0 Å². The van der Waals surface area contributed by atoms with Crippen LogP contribution in [0.4, 0.5) is 0 Å². The van der Waals surface area contributed by atoms with Crippen LogP contribution in [0.15, 0.2) is 60.7 Å². The van der Waals surface area contributed by atoms with E-state index >= 15 is 0 Å². The third kappa shape index (κ3) is 6.23. The molecule has 0 radical (unpaired) electrons. The van der Waals surface area contributed by atoms with Crippen LogP contribution in [-0.4, -0.2) is 71.8 Å². The van der Waals surface area contributed by atoms with Crippen LogP contribution < -0.4 is 9.47 Å². The molecule has 0 saturated heterocycles. The van der Waals surface area contributed by atoms with Gasteiger partial charge in [-0.15, -0.1) is 0 Å². The number of ether oxygens (including phenoxy) is 4. The zero-order chi connectivity index (χ0) is 25.3. The van der Waals surface area contributed by atoms with Gasteiger partial charge in [0.15, 0.2) is 0 Å². The zero-order valence-electron chi connectivity index (χ0n) is 19.3. The maximum Gasteiger partial charge on any atom is 0.354 e. The molecule has 0 amide bonds. The van der Waals surface area contributed by atoms with Gasteiger partial charge in [0.2, 0.25) is 0 Å². The van der Waals surface area contributed by atoms with Gasteiger partial charge in [-0.2, -0.15) is 0 Å². The lowest BCUT2D eigenvalue weighted by atomic mass is 10.2. The number of carboxylic acid groups (broad SMARTS) is 2. The first-order valence-electron chi connectivity index (χ1n) is 11.2. The van der Waals surface area contributed by atoms with Crippen LogP contribution in [0.25, 0.3) is 21.8 Å². The summed E-state index contributed by atoms with van der Waals surface area (Å²) in [5.41, 5.74) is 0.887. The van der Waals surface area contributed by atoms with E-state index in [1.54, 1.807) is 24.3 Å². The molecule has 0 atom stereocenters. The van der Waals surface area contributed by atoms with Crippen molar-refractivity contribution in [3.8, 4) is 11.5 Å². The quantitative estimate of drug-likeness (QED) is 0.266. The van der Waals surface area contributed by atoms with Crippen molar-refractivity contribution in [1.82, 2.24) is 9.97 Å². The lowest BCUT2D eigenvalue weighted by Crippen LogP contribution is -2.13. The number of nitrogens with zero attached hydrogens (tertiary/aromatic N) is 2. The van der Waals surface area contributed by atoms with E-state index in [-0.39, 0.29) is 24.6 Å². The largest absolute Gasteiger partial charge is 0.489 e. The van der Waals surface area contributed by atoms with E-state index in [1.165, 1.54) is 12.1 Å². The fraction of sp³-hybridized carbons (Fsp3) is 0.231. The van der Waals surface area contributed by atoms with Gasteiger partial charge < -0.3 is 29.2 Å². The predicted molar refractivity (Wildman–Crippen MR) is 130 cm³/mol. The molecule has 0 unspecified atom stereocenters. The summed E-state index contributed by atoms with van der Waals surface area (Å²) in [5, 5.41) is 19.9. The first-order chi connectivity index (χ1) is 17.5. The molecule has 0 aliphatic heterocycles. The highest BCUT2D eigenvalue weighted by Gasteiger charge is 2.10. The second kappa shape index (κ2) is 11.9. The number of benzene rings is 2. The van der Waals surface area contributed by atoms with Crippen molar-refractivity contribution in [3.63, 3.8) is 0 Å². The normalized spacial score (nSPS) is 11.0. The molecule has 0 aliphatic rings. The van der Waals surface area contributed by atoms with E-state index < -0.39 is 11.9 Å². The fourth-order valence-electron chi connectivity index (χ4n) is 3.45. The summed E-state index contributed by atoms with van der Waals surface area (Å²) >= 11 is 0. The number of aromatic carboxylic acids is 2. The van der Waals surface area contributed by atoms with Crippen LogP contribution in [-0.2, 0) is 9.47 Å². The number of pyridine rings is 2. The highest BCUT2D eigenvalue weighted by Crippen LogP contribution is 2.25. The number of hydrogen-bond donors (Lipinski definition) is 2. The van der Waals surface area contributed by atoms with Crippen LogP contribution in [0.2, 0.25) is 0 Å². The standard InChI is InChI=1S/C26H24N2O8/c29-25(30)19-9-7-17-3-1-5-21(23(17)27-19)35-15-13-33-11-12-34-14-16-36-22-6-2-4-18-8-10-20(26(31)32)28-24(18)22/h1-10H,11-16H2,(H,29,30)(H,31,32). The zero-order valence-corrected chi connectivity index (χ0v) is 19.3. The maximum absolute atomic E-state index is 11.2. The van der Waals surface area contributed by atoms with Crippen molar-refractivity contribution < 1.29 is 38.7 Å². The van der Waals surface area contributed by atoms with Gasteiger partial charge in [0.05, 0.1) is 26.4 Å². The molecular formula is C26H24N2O8. The van der Waals surface area contributed by atoms with Crippen molar-refractivity contribution in [2.75, 3.05) is 39.6 Å². The van der Waals surface area contributed by atoms with Gasteiger partial charge in [0.1, 0.15) is 47.1 Å². The predicted octanol–water partition coefficient (Wildman–Crippen LogP) is 3.67. The average molecular weight is 492 g/mol. The third-order valence-electron chi connectivity index (χ3n) is 5.15. The summed E-state index contributed by atoms with van der Waals surface area (Å²) in [6.45, 7) is 1.91. The number of carboxylic acids is 2. The summed E-state index contributed by atoms with van der Waals surface area (Å²) in [4.78, 5) is 30.7. The fourth-order valence-corrected chi connectivity index (χ4v) is 3.45. The van der Waals surface area contributed by atoms with Gasteiger partial charge in [-0.25, -0.2) is 19.6 Å². The summed E-state index contributed by atoms with van der Waals surface area (Å²) in [5.74, 6) is -1.21. The Balaban J connectivity index is 1.14. The Morgan fingerprint density at radius 2 is 1.00 bits per heavy atom. The monoisotopic (exact) mass is 492 g/mol. The number of aromatic nitrogens is 2. The van der Waals surface area contributed by atoms with Crippen LogP contribution in [0.3, 0.4) is 0 Å². The Morgan fingerprint density at radius 1 is 0.583 bits per heavy atom. The van der Waals surface area contributed by atoms with E-state index in [0.717, 1.165) is 10.8 Å². The smallest absolute Gasteiger partial charge is 0.354 e. The Morgan fingerprint density at radius 3 is 1.42 bits per heavy atom. The summed E-state index contributed by atoms with van der Waals surface area (Å²) in [7, 11) is 0. The van der Waals surface area contributed by atoms with E-state index in [2.05, 4.69) is 9.97 Å². The van der Waals surface area contributed by atoms with Crippen LogP contribution in [0.1, 0.15) is 21.0 Å². The SMILES string of the molecule is O=C(O)c1ccc2cccc(OCCOCCOCCOc3cccc4ccc(C(=O)O)nc34)c2n1. The number of carbonyl (C=O) groups is 2. The van der Waals surface area contributed by atoms with Crippen LogP contribution >= 0.6 is 0 Å². The van der Waals surface area contributed by atoms with Crippen LogP contribution in [0.5, 0.6) is 11.5 Å². The topological polar surface area (TPSA) is 137 Å². The van der Waals surface area contributed by atoms with E-state index in [0.29, 0.717) is 49.0 Å². The van der Waals surface area contributed by atoms with E-state index in [9.17, 15) is 9.59 Å². The molecule has 0 aliphatic carbocycles. The Bertz CT molecular complexity index is 1270. The molecule has 2 aromatic heterocycles. The minimum atomic E-state index is -1.10.